The van der Waals surface area contributed by atoms with Gasteiger partial charge in [-0.25, -0.2) is 0 Å². The van der Waals surface area contributed by atoms with Gasteiger partial charge in [-0.05, 0) is 87.5 Å². The normalized spacial score (nSPS) is 26.2. The molecular formula is C40H54O4. The number of hydrogen-bond acceptors (Lipinski definition) is 4. The lowest BCUT2D eigenvalue weighted by Crippen LogP contribution is -2.38. The van der Waals surface area contributed by atoms with Gasteiger partial charge >= 0.3 is 0 Å². The Labute approximate surface area is 266 Å². The Morgan fingerprint density at radius 1 is 0.636 bits per heavy atom. The second kappa shape index (κ2) is 16.1. The van der Waals surface area contributed by atoms with E-state index < -0.39 is 18.3 Å². The minimum absolute atomic E-state index is 0.173. The summed E-state index contributed by atoms with van der Waals surface area (Å²) in [5.74, 6) is -0.173. The highest BCUT2D eigenvalue weighted by Crippen LogP contribution is 2.41. The summed E-state index contributed by atoms with van der Waals surface area (Å²) in [6.45, 7) is 20.2. The van der Waals surface area contributed by atoms with Gasteiger partial charge in [0, 0.05) is 0 Å². The molecule has 3 atom stereocenters. The first-order valence-corrected chi connectivity index (χ1v) is 15.5. The minimum Gasteiger partial charge on any atom is -0.390 e. The molecule has 2 aliphatic carbocycles. The zero-order valence-electron chi connectivity index (χ0n) is 28.5. The van der Waals surface area contributed by atoms with Crippen LogP contribution in [0.2, 0.25) is 0 Å². The number of carbonyl (C=O) groups is 1. The lowest BCUT2D eigenvalue weighted by atomic mass is 9.70. The van der Waals surface area contributed by atoms with E-state index in [1.165, 1.54) is 0 Å². The lowest BCUT2D eigenvalue weighted by molar-refractivity contribution is -0.125. The van der Waals surface area contributed by atoms with Gasteiger partial charge in [-0.1, -0.05) is 135 Å². The van der Waals surface area contributed by atoms with Crippen LogP contribution in [0.3, 0.4) is 0 Å². The van der Waals surface area contributed by atoms with Gasteiger partial charge in [-0.3, -0.25) is 4.79 Å². The van der Waals surface area contributed by atoms with E-state index in [2.05, 4.69) is 91.0 Å². The fraction of sp³-hybridized carbons (Fsp3) is 0.425. The molecule has 0 aromatic rings. The SMILES string of the molecule is CC1=C(/C=C/C(C)=C/C=C/C(C)=C/C=C/C=C(C)/C=C/C=C(C)/C=C/C2=C(C)C(O)[C@@H](O)CC2(C)C)C(C)(C)C[C@H](O)C1=O. The number of Topliss-reactive ketones (excluding diaryl/α,β-unsaturated/α-hetero) is 1. The van der Waals surface area contributed by atoms with E-state index in [1.807, 2.05) is 56.4 Å². The van der Waals surface area contributed by atoms with Crippen LogP contribution in [-0.2, 0) is 4.79 Å². The summed E-state index contributed by atoms with van der Waals surface area (Å²) in [7, 11) is 0. The molecule has 44 heavy (non-hydrogen) atoms. The van der Waals surface area contributed by atoms with Gasteiger partial charge < -0.3 is 15.3 Å². The van der Waals surface area contributed by atoms with Crippen molar-refractivity contribution in [3.63, 3.8) is 0 Å². The average Bonchev–Trinajstić information content (AvgIpc) is 2.92. The molecule has 0 aliphatic heterocycles. The van der Waals surface area contributed by atoms with Gasteiger partial charge in [-0.2, -0.15) is 0 Å². The van der Waals surface area contributed by atoms with Gasteiger partial charge in [0.25, 0.3) is 0 Å². The van der Waals surface area contributed by atoms with Crippen molar-refractivity contribution in [2.24, 2.45) is 10.8 Å². The van der Waals surface area contributed by atoms with Crippen LogP contribution in [0.5, 0.6) is 0 Å². The smallest absolute Gasteiger partial charge is 0.187 e. The third-order valence-electron chi connectivity index (χ3n) is 8.48. The second-order valence-corrected chi connectivity index (χ2v) is 13.6. The zero-order chi connectivity index (χ0) is 33.2. The first-order chi connectivity index (χ1) is 20.5. The molecule has 238 valence electrons. The van der Waals surface area contributed by atoms with Crippen LogP contribution < -0.4 is 0 Å². The van der Waals surface area contributed by atoms with Crippen molar-refractivity contribution < 1.29 is 20.1 Å². The predicted molar refractivity (Wildman–Crippen MR) is 186 cm³/mol. The molecule has 0 aromatic heterocycles. The molecule has 3 N–H and O–H groups in total. The van der Waals surface area contributed by atoms with Crippen LogP contribution in [0, 0.1) is 10.8 Å². The molecule has 0 radical (unpaired) electrons. The van der Waals surface area contributed by atoms with Crippen molar-refractivity contribution in [2.45, 2.75) is 100 Å². The third-order valence-corrected chi connectivity index (χ3v) is 8.48. The molecule has 2 aliphatic rings. The Morgan fingerprint density at radius 3 is 1.55 bits per heavy atom. The number of hydrogen-bond donors (Lipinski definition) is 3. The van der Waals surface area contributed by atoms with Crippen LogP contribution in [-0.4, -0.2) is 39.4 Å². The number of aliphatic hydroxyl groups excluding tert-OH is 3. The first-order valence-electron chi connectivity index (χ1n) is 15.5. The topological polar surface area (TPSA) is 77.8 Å². The standard InChI is InChI=1S/C40H54O4/c1-27(17-13-19-29(3)21-23-33-31(5)37(43)35(41)25-39(33,7)8)15-11-12-16-28(2)18-14-20-30(4)22-24-34-32(6)38(44)36(42)26-40(34,9)10/h11-24,35-37,41-43H,25-26H2,1-10H3/b12-11+,17-13+,18-14+,23-21+,24-22+,27-15+,28-16+,29-19+,30-20+/t35-,36-,37?/m0/s1. The average molecular weight is 599 g/mol. The van der Waals surface area contributed by atoms with Gasteiger partial charge in [0.15, 0.2) is 5.78 Å². The van der Waals surface area contributed by atoms with Crippen LogP contribution in [0.1, 0.15) is 82.1 Å². The molecule has 0 bridgehead atoms. The molecule has 0 heterocycles. The molecule has 0 spiro atoms. The molecular weight excluding hydrogens is 544 g/mol. The van der Waals surface area contributed by atoms with E-state index in [0.29, 0.717) is 18.4 Å². The zero-order valence-corrected chi connectivity index (χ0v) is 28.5. The summed E-state index contributed by atoms with van der Waals surface area (Å²) >= 11 is 0. The molecule has 0 fully saturated rings. The fourth-order valence-corrected chi connectivity index (χ4v) is 5.78. The van der Waals surface area contributed by atoms with E-state index in [0.717, 1.165) is 39.0 Å². The summed E-state index contributed by atoms with van der Waals surface area (Å²) in [5.41, 5.74) is 7.57. The van der Waals surface area contributed by atoms with E-state index in [1.54, 1.807) is 6.92 Å². The van der Waals surface area contributed by atoms with Gasteiger partial charge in [0.1, 0.15) is 12.2 Å². The molecule has 4 nitrogen and oxygen atoms in total. The highest BCUT2D eigenvalue weighted by molar-refractivity contribution is 6.00. The van der Waals surface area contributed by atoms with E-state index in [9.17, 15) is 20.1 Å². The number of rotatable bonds is 10. The molecule has 2 rings (SSSR count). The number of aliphatic hydroxyl groups is 3. The maximum absolute atomic E-state index is 12.2. The summed E-state index contributed by atoms with van der Waals surface area (Å²) in [4.78, 5) is 12.2. The van der Waals surface area contributed by atoms with Gasteiger partial charge in [0.05, 0.1) is 6.10 Å². The van der Waals surface area contributed by atoms with E-state index in [4.69, 9.17) is 0 Å². The Morgan fingerprint density at radius 2 is 1.05 bits per heavy atom. The Hall–Kier alpha value is -3.31. The Balaban J connectivity index is 1.95. The lowest BCUT2D eigenvalue weighted by Gasteiger charge is -2.38. The molecule has 0 saturated carbocycles. The van der Waals surface area contributed by atoms with Crippen molar-refractivity contribution in [3.05, 3.63) is 130 Å². The monoisotopic (exact) mass is 598 g/mol. The number of ketones is 1. The minimum atomic E-state index is -0.905. The van der Waals surface area contributed by atoms with Crippen LogP contribution >= 0.6 is 0 Å². The third kappa shape index (κ3) is 10.7. The van der Waals surface area contributed by atoms with Crippen LogP contribution in [0.4, 0.5) is 0 Å². The molecule has 0 aromatic carbocycles. The van der Waals surface area contributed by atoms with E-state index >= 15 is 0 Å². The van der Waals surface area contributed by atoms with Crippen molar-refractivity contribution in [1.82, 2.24) is 0 Å². The summed E-state index contributed by atoms with van der Waals surface area (Å²) in [5, 5.41) is 30.4. The van der Waals surface area contributed by atoms with Crippen molar-refractivity contribution >= 4 is 5.78 Å². The van der Waals surface area contributed by atoms with E-state index in [-0.39, 0.29) is 16.6 Å². The first kappa shape index (κ1) is 36.9. The summed E-state index contributed by atoms with van der Waals surface area (Å²) < 4.78 is 0. The Kier molecular flexibility index (Phi) is 13.5. The largest absolute Gasteiger partial charge is 0.390 e. The number of carbonyl (C=O) groups excluding carboxylic acids is 1. The fourth-order valence-electron chi connectivity index (χ4n) is 5.78. The van der Waals surface area contributed by atoms with Crippen LogP contribution in [0.15, 0.2) is 130 Å². The molecule has 0 amide bonds. The summed E-state index contributed by atoms with van der Waals surface area (Å²) in [6, 6.07) is 0. The summed E-state index contributed by atoms with van der Waals surface area (Å²) in [6.07, 6.45) is 27.2. The molecule has 1 unspecified atom stereocenters. The molecule has 4 heteroatoms. The van der Waals surface area contributed by atoms with Crippen LogP contribution in [0.25, 0.3) is 0 Å². The highest BCUT2D eigenvalue weighted by Gasteiger charge is 2.37. The van der Waals surface area contributed by atoms with Gasteiger partial charge in [-0.15, -0.1) is 0 Å². The van der Waals surface area contributed by atoms with Crippen molar-refractivity contribution in [2.75, 3.05) is 0 Å². The quantitative estimate of drug-likeness (QED) is 0.220. The predicted octanol–water partition coefficient (Wildman–Crippen LogP) is 8.70. The second-order valence-electron chi connectivity index (χ2n) is 13.6. The highest BCUT2D eigenvalue weighted by atomic mass is 16.3. The van der Waals surface area contributed by atoms with Gasteiger partial charge in [0.2, 0.25) is 0 Å². The maximum Gasteiger partial charge on any atom is 0.187 e. The Bertz CT molecular complexity index is 1410. The number of allylic oxidation sites excluding steroid dienone is 20. The molecule has 0 saturated heterocycles. The maximum atomic E-state index is 12.2. The van der Waals surface area contributed by atoms with Crippen molar-refractivity contribution in [3.8, 4) is 0 Å². The van der Waals surface area contributed by atoms with Crippen molar-refractivity contribution in [1.29, 1.82) is 0 Å².